The van der Waals surface area contributed by atoms with Crippen molar-refractivity contribution in [3.63, 3.8) is 0 Å². The van der Waals surface area contributed by atoms with Crippen LogP contribution >= 0.6 is 23.2 Å². The number of carbonyl (C=O) groups excluding carboxylic acids is 1. The van der Waals surface area contributed by atoms with E-state index in [1.54, 1.807) is 36.4 Å². The molecule has 0 heterocycles. The zero-order chi connectivity index (χ0) is 20.1. The van der Waals surface area contributed by atoms with Gasteiger partial charge in [-0.2, -0.15) is 0 Å². The fourth-order valence-electron chi connectivity index (χ4n) is 2.91. The van der Waals surface area contributed by atoms with Crippen LogP contribution in [0.1, 0.15) is 35.3 Å². The Balaban J connectivity index is 0.00000225. The number of carbonyl (C=O) groups is 2. The minimum absolute atomic E-state index is 0. The molecule has 0 aliphatic rings. The molecule has 0 radical (unpaired) electrons. The summed E-state index contributed by atoms with van der Waals surface area (Å²) >= 11 is 12.0. The zero-order valence-corrected chi connectivity index (χ0v) is 19.2. The molecular formula is C22H18Cl2NNaO3. The normalized spacial score (nSPS) is 10.3. The fraction of sp³-hybridized carbons (Fsp3) is 0.0909. The number of halogens is 2. The van der Waals surface area contributed by atoms with Crippen LogP contribution < -0.4 is 34.9 Å². The Morgan fingerprint density at radius 2 is 1.28 bits per heavy atom. The van der Waals surface area contributed by atoms with Crippen molar-refractivity contribution in [1.82, 2.24) is 0 Å². The number of carboxylic acid groups (broad SMARTS) is 1. The molecule has 0 spiro atoms. The number of amides is 1. The van der Waals surface area contributed by atoms with Gasteiger partial charge in [-0.25, -0.2) is 4.79 Å². The first kappa shape index (κ1) is 23.5. The molecule has 3 aromatic carbocycles. The third kappa shape index (κ3) is 6.59. The molecule has 0 unspecified atom stereocenters. The Morgan fingerprint density at radius 3 is 1.69 bits per heavy atom. The van der Waals surface area contributed by atoms with Gasteiger partial charge in [-0.15, -0.1) is 0 Å². The molecule has 3 rings (SSSR count). The molecule has 2 N–H and O–H groups in total. The van der Waals surface area contributed by atoms with E-state index in [4.69, 9.17) is 28.3 Å². The summed E-state index contributed by atoms with van der Waals surface area (Å²) < 4.78 is 0. The third-order valence-corrected chi connectivity index (χ3v) is 4.85. The number of nitrogens with one attached hydrogen (secondary N) is 1. The summed E-state index contributed by atoms with van der Waals surface area (Å²) in [6.45, 7) is 0. The molecule has 0 aliphatic carbocycles. The summed E-state index contributed by atoms with van der Waals surface area (Å²) in [5, 5.41) is 13.0. The first-order chi connectivity index (χ1) is 13.4. The number of benzene rings is 3. The summed E-state index contributed by atoms with van der Waals surface area (Å²) in [6, 6.07) is 20.8. The molecule has 4 nitrogen and oxygen atoms in total. The monoisotopic (exact) mass is 437 g/mol. The van der Waals surface area contributed by atoms with E-state index in [-0.39, 0.29) is 54.8 Å². The molecule has 29 heavy (non-hydrogen) atoms. The van der Waals surface area contributed by atoms with Crippen LogP contribution in [0.2, 0.25) is 10.0 Å². The Labute approximate surface area is 202 Å². The summed E-state index contributed by atoms with van der Waals surface area (Å²) in [5.74, 6) is -1.37. The number of rotatable bonds is 6. The molecule has 7 heteroatoms. The van der Waals surface area contributed by atoms with Crippen LogP contribution in [0, 0.1) is 0 Å². The van der Waals surface area contributed by atoms with Crippen LogP contribution in [-0.2, 0) is 4.79 Å². The van der Waals surface area contributed by atoms with E-state index >= 15 is 0 Å². The number of carboxylic acids is 1. The van der Waals surface area contributed by atoms with E-state index in [0.29, 0.717) is 15.7 Å². The summed E-state index contributed by atoms with van der Waals surface area (Å²) in [4.78, 5) is 23.6. The maximum absolute atomic E-state index is 12.6. The van der Waals surface area contributed by atoms with Gasteiger partial charge in [0.1, 0.15) is 0 Å². The van der Waals surface area contributed by atoms with Gasteiger partial charge in [0.25, 0.3) is 0 Å². The smallest absolute Gasteiger partial charge is 1.00 e. The molecule has 0 saturated heterocycles. The molecule has 144 valence electrons. The predicted molar refractivity (Wildman–Crippen MR) is 113 cm³/mol. The van der Waals surface area contributed by atoms with Gasteiger partial charge in [-0.05, 0) is 59.7 Å². The molecular weight excluding hydrogens is 420 g/mol. The van der Waals surface area contributed by atoms with E-state index < -0.39 is 5.97 Å². The zero-order valence-electron chi connectivity index (χ0n) is 16.7. The van der Waals surface area contributed by atoms with Crippen molar-refractivity contribution in [2.45, 2.75) is 12.3 Å². The van der Waals surface area contributed by atoms with Gasteiger partial charge in [-0.1, -0.05) is 47.5 Å². The van der Waals surface area contributed by atoms with Crippen LogP contribution in [0.5, 0.6) is 0 Å². The van der Waals surface area contributed by atoms with Crippen molar-refractivity contribution in [2.24, 2.45) is 0 Å². The van der Waals surface area contributed by atoms with E-state index in [9.17, 15) is 9.59 Å². The molecule has 0 fully saturated rings. The maximum atomic E-state index is 12.6. The van der Waals surface area contributed by atoms with Gasteiger partial charge in [-0.3, -0.25) is 4.79 Å². The van der Waals surface area contributed by atoms with Crippen molar-refractivity contribution in [3.05, 3.63) is 99.5 Å². The standard InChI is InChI=1S/C22H17Cl2NO3.Na.H/c23-17-7-1-14(2-8-17)20(15-3-9-18(24)10-4-15)13-21(26)25-19-11-5-16(6-12-19)22(27)28;;/h1-12,20H,13H2,(H,25,26)(H,27,28);;/q;+1;-1. The summed E-state index contributed by atoms with van der Waals surface area (Å²) in [6.07, 6.45) is 0.212. The molecule has 1 amide bonds. The SMILES string of the molecule is O=C(CC(c1ccc(Cl)cc1)c1ccc(Cl)cc1)Nc1ccc(C(=O)O)cc1.[H-].[Na+]. The van der Waals surface area contributed by atoms with Gasteiger partial charge < -0.3 is 11.8 Å². The van der Waals surface area contributed by atoms with E-state index in [1.807, 2.05) is 24.3 Å². The van der Waals surface area contributed by atoms with Crippen molar-refractivity contribution >= 4 is 40.8 Å². The van der Waals surface area contributed by atoms with E-state index in [1.165, 1.54) is 12.1 Å². The Morgan fingerprint density at radius 1 is 0.828 bits per heavy atom. The maximum Gasteiger partial charge on any atom is 1.00 e. The quantitative estimate of drug-likeness (QED) is 0.582. The largest absolute Gasteiger partial charge is 1.00 e. The van der Waals surface area contributed by atoms with Gasteiger partial charge in [0.05, 0.1) is 5.56 Å². The first-order valence-electron chi connectivity index (χ1n) is 8.56. The van der Waals surface area contributed by atoms with Crippen molar-refractivity contribution in [3.8, 4) is 0 Å². The van der Waals surface area contributed by atoms with Crippen LogP contribution in [-0.4, -0.2) is 17.0 Å². The number of hydrogen-bond acceptors (Lipinski definition) is 2. The molecule has 0 atom stereocenters. The Kier molecular flexibility index (Phi) is 8.75. The van der Waals surface area contributed by atoms with E-state index in [2.05, 4.69) is 5.32 Å². The average Bonchev–Trinajstić information content (AvgIpc) is 2.68. The average molecular weight is 438 g/mol. The first-order valence-corrected chi connectivity index (χ1v) is 9.32. The van der Waals surface area contributed by atoms with E-state index in [0.717, 1.165) is 11.1 Å². The van der Waals surface area contributed by atoms with Crippen molar-refractivity contribution in [2.75, 3.05) is 5.32 Å². The second-order valence-corrected chi connectivity index (χ2v) is 7.16. The predicted octanol–water partition coefficient (Wildman–Crippen LogP) is 2.97. The Bertz CT molecular complexity index is 935. The van der Waals surface area contributed by atoms with Gasteiger partial charge >= 0.3 is 35.5 Å². The van der Waals surface area contributed by atoms with Crippen LogP contribution in [0.25, 0.3) is 0 Å². The molecule has 0 saturated carbocycles. The summed E-state index contributed by atoms with van der Waals surface area (Å²) in [5.41, 5.74) is 2.63. The minimum Gasteiger partial charge on any atom is -1.00 e. The fourth-order valence-corrected chi connectivity index (χ4v) is 3.16. The molecule has 0 aliphatic heterocycles. The minimum atomic E-state index is -1.01. The summed E-state index contributed by atoms with van der Waals surface area (Å²) in [7, 11) is 0. The number of aromatic carboxylic acids is 1. The van der Waals surface area contributed by atoms with Gasteiger partial charge in [0.2, 0.25) is 5.91 Å². The third-order valence-electron chi connectivity index (χ3n) is 4.35. The molecule has 3 aromatic rings. The molecule has 0 bridgehead atoms. The topological polar surface area (TPSA) is 66.4 Å². The number of anilines is 1. The van der Waals surface area contributed by atoms with Crippen LogP contribution in [0.3, 0.4) is 0 Å². The van der Waals surface area contributed by atoms with Gasteiger partial charge in [0.15, 0.2) is 0 Å². The Hall–Kier alpha value is -1.82. The number of hydrogen-bond donors (Lipinski definition) is 2. The molecule has 0 aromatic heterocycles. The van der Waals surface area contributed by atoms with Gasteiger partial charge in [0, 0.05) is 28.1 Å². The van der Waals surface area contributed by atoms with Crippen LogP contribution in [0.15, 0.2) is 72.8 Å². The van der Waals surface area contributed by atoms with Crippen molar-refractivity contribution in [1.29, 1.82) is 0 Å². The second kappa shape index (κ2) is 10.8. The second-order valence-electron chi connectivity index (χ2n) is 6.29. The van der Waals surface area contributed by atoms with Crippen molar-refractivity contribution < 1.29 is 45.7 Å². The van der Waals surface area contributed by atoms with Crippen LogP contribution in [0.4, 0.5) is 5.69 Å².